The molecule has 2 N–H and O–H groups in total. The number of hydrogen-bond donors (Lipinski definition) is 1. The van der Waals surface area contributed by atoms with Crippen LogP contribution in [0, 0.1) is 0 Å². The fraction of sp³-hybridized carbons (Fsp3) is 0.588. The highest BCUT2D eigenvalue weighted by Crippen LogP contribution is 2.36. The molecule has 1 aliphatic carbocycles. The van der Waals surface area contributed by atoms with Crippen LogP contribution in [-0.2, 0) is 4.79 Å². The molecule has 4 heteroatoms. The van der Waals surface area contributed by atoms with Gasteiger partial charge in [-0.3, -0.25) is 4.79 Å². The van der Waals surface area contributed by atoms with E-state index in [0.717, 1.165) is 55.7 Å². The highest BCUT2D eigenvalue weighted by molar-refractivity contribution is 6.30. The SMILES string of the molecule is NC1(CC(=O)N2CCCC2c2cccc(Cl)c2)CCCC1. The Bertz CT molecular complexity index is 525. The molecule has 2 fully saturated rings. The summed E-state index contributed by atoms with van der Waals surface area (Å²) in [7, 11) is 0. The van der Waals surface area contributed by atoms with Gasteiger partial charge in [-0.05, 0) is 43.4 Å². The first-order valence-corrected chi connectivity index (χ1v) is 8.29. The summed E-state index contributed by atoms with van der Waals surface area (Å²) in [6, 6.07) is 8.04. The third kappa shape index (κ3) is 3.24. The quantitative estimate of drug-likeness (QED) is 0.926. The van der Waals surface area contributed by atoms with Crippen molar-refractivity contribution in [1.82, 2.24) is 4.90 Å². The Morgan fingerprint density at radius 1 is 1.33 bits per heavy atom. The molecule has 1 aromatic rings. The van der Waals surface area contributed by atoms with Crippen LogP contribution in [0.3, 0.4) is 0 Å². The van der Waals surface area contributed by atoms with Gasteiger partial charge in [-0.25, -0.2) is 0 Å². The third-order valence-corrected chi connectivity index (χ3v) is 5.14. The van der Waals surface area contributed by atoms with Crippen LogP contribution < -0.4 is 5.73 Å². The Balaban J connectivity index is 1.73. The van der Waals surface area contributed by atoms with E-state index in [9.17, 15) is 4.79 Å². The maximum absolute atomic E-state index is 12.7. The van der Waals surface area contributed by atoms with Crippen molar-refractivity contribution in [1.29, 1.82) is 0 Å². The van der Waals surface area contributed by atoms with E-state index in [1.54, 1.807) is 0 Å². The molecule has 1 aromatic carbocycles. The number of hydrogen-bond acceptors (Lipinski definition) is 2. The van der Waals surface area contributed by atoms with Gasteiger partial charge < -0.3 is 10.6 Å². The largest absolute Gasteiger partial charge is 0.336 e. The first kappa shape index (κ1) is 14.9. The van der Waals surface area contributed by atoms with Crippen molar-refractivity contribution in [2.45, 2.75) is 56.5 Å². The molecule has 1 unspecified atom stereocenters. The molecule has 114 valence electrons. The average Bonchev–Trinajstić information content (AvgIpc) is 3.07. The number of nitrogens with two attached hydrogens (primary N) is 1. The summed E-state index contributed by atoms with van der Waals surface area (Å²) >= 11 is 6.09. The van der Waals surface area contributed by atoms with E-state index in [1.165, 1.54) is 0 Å². The van der Waals surface area contributed by atoms with Gasteiger partial charge in [0.05, 0.1) is 6.04 Å². The van der Waals surface area contributed by atoms with Crippen LogP contribution in [0.5, 0.6) is 0 Å². The van der Waals surface area contributed by atoms with Crippen molar-refractivity contribution in [3.63, 3.8) is 0 Å². The van der Waals surface area contributed by atoms with Gasteiger partial charge >= 0.3 is 0 Å². The Labute approximate surface area is 131 Å². The van der Waals surface area contributed by atoms with Crippen LogP contribution >= 0.6 is 11.6 Å². The van der Waals surface area contributed by atoms with E-state index in [0.29, 0.717) is 6.42 Å². The Morgan fingerprint density at radius 2 is 2.10 bits per heavy atom. The van der Waals surface area contributed by atoms with E-state index >= 15 is 0 Å². The number of carbonyl (C=O) groups is 1. The first-order valence-electron chi connectivity index (χ1n) is 7.91. The summed E-state index contributed by atoms with van der Waals surface area (Å²) < 4.78 is 0. The van der Waals surface area contributed by atoms with Crippen molar-refractivity contribution in [3.8, 4) is 0 Å². The lowest BCUT2D eigenvalue weighted by Crippen LogP contribution is -2.43. The molecule has 0 radical (unpaired) electrons. The lowest BCUT2D eigenvalue weighted by molar-refractivity contribution is -0.133. The van der Waals surface area contributed by atoms with Crippen LogP contribution in [0.25, 0.3) is 0 Å². The van der Waals surface area contributed by atoms with Gasteiger partial charge in [0.25, 0.3) is 0 Å². The van der Waals surface area contributed by atoms with Gasteiger partial charge in [-0.15, -0.1) is 0 Å². The number of halogens is 1. The van der Waals surface area contributed by atoms with Gasteiger partial charge in [0.2, 0.25) is 5.91 Å². The molecule has 3 nitrogen and oxygen atoms in total. The fourth-order valence-electron chi connectivity index (χ4n) is 3.78. The number of benzene rings is 1. The van der Waals surface area contributed by atoms with Crippen molar-refractivity contribution >= 4 is 17.5 Å². The summed E-state index contributed by atoms with van der Waals surface area (Å²) in [6.07, 6.45) is 6.83. The molecule has 0 spiro atoms. The molecule has 1 amide bonds. The van der Waals surface area contributed by atoms with Crippen molar-refractivity contribution in [2.24, 2.45) is 5.73 Å². The lowest BCUT2D eigenvalue weighted by atomic mass is 9.93. The first-order chi connectivity index (χ1) is 10.1. The van der Waals surface area contributed by atoms with Crippen LogP contribution in [-0.4, -0.2) is 22.9 Å². The molecule has 0 bridgehead atoms. The van der Waals surface area contributed by atoms with E-state index < -0.39 is 0 Å². The second-order valence-electron chi connectivity index (χ2n) is 6.55. The molecule has 0 aromatic heterocycles. The van der Waals surface area contributed by atoms with E-state index in [4.69, 9.17) is 17.3 Å². The number of amides is 1. The Kier molecular flexibility index (Phi) is 4.23. The number of likely N-dealkylation sites (tertiary alicyclic amines) is 1. The second kappa shape index (κ2) is 5.98. The highest BCUT2D eigenvalue weighted by atomic mass is 35.5. The van der Waals surface area contributed by atoms with Gasteiger partial charge in [0.15, 0.2) is 0 Å². The minimum atomic E-state index is -0.265. The molecular formula is C17H23ClN2O. The number of carbonyl (C=O) groups excluding carboxylic acids is 1. The van der Waals surface area contributed by atoms with Crippen LogP contribution in [0.2, 0.25) is 5.02 Å². The zero-order chi connectivity index (χ0) is 14.9. The van der Waals surface area contributed by atoms with Crippen LogP contribution in [0.4, 0.5) is 0 Å². The van der Waals surface area contributed by atoms with E-state index in [1.807, 2.05) is 23.1 Å². The van der Waals surface area contributed by atoms with Crippen molar-refractivity contribution < 1.29 is 4.79 Å². The monoisotopic (exact) mass is 306 g/mol. The summed E-state index contributed by atoms with van der Waals surface area (Å²) in [5.74, 6) is 0.210. The molecule has 1 atom stereocenters. The molecule has 2 aliphatic rings. The molecule has 1 saturated carbocycles. The average molecular weight is 307 g/mol. The summed E-state index contributed by atoms with van der Waals surface area (Å²) in [6.45, 7) is 0.839. The van der Waals surface area contributed by atoms with Crippen molar-refractivity contribution in [3.05, 3.63) is 34.9 Å². The lowest BCUT2D eigenvalue weighted by Gasteiger charge is -2.30. The summed E-state index contributed by atoms with van der Waals surface area (Å²) in [5, 5.41) is 0.734. The molecule has 21 heavy (non-hydrogen) atoms. The predicted molar refractivity (Wildman–Crippen MR) is 85.1 cm³/mol. The molecule has 3 rings (SSSR count). The van der Waals surface area contributed by atoms with Crippen LogP contribution in [0.1, 0.15) is 56.6 Å². The number of rotatable bonds is 3. The molecule has 1 heterocycles. The standard InChI is InChI=1S/C17H23ClN2O/c18-14-6-3-5-13(11-14)15-7-4-10-20(15)16(21)12-17(19)8-1-2-9-17/h3,5-6,11,15H,1-2,4,7-10,12,19H2. The number of nitrogens with zero attached hydrogens (tertiary/aromatic N) is 1. The van der Waals surface area contributed by atoms with Gasteiger partial charge in [0.1, 0.15) is 0 Å². The normalized spacial score (nSPS) is 24.5. The maximum Gasteiger partial charge on any atom is 0.224 e. The second-order valence-corrected chi connectivity index (χ2v) is 6.98. The van der Waals surface area contributed by atoms with Crippen molar-refractivity contribution in [2.75, 3.05) is 6.54 Å². The Hall–Kier alpha value is -1.06. The zero-order valence-electron chi connectivity index (χ0n) is 12.4. The van der Waals surface area contributed by atoms with Gasteiger partial charge in [0, 0.05) is 23.5 Å². The molecule has 1 aliphatic heterocycles. The van der Waals surface area contributed by atoms with Crippen LogP contribution in [0.15, 0.2) is 24.3 Å². The predicted octanol–water partition coefficient (Wildman–Crippen LogP) is 3.67. The zero-order valence-corrected chi connectivity index (χ0v) is 13.1. The van der Waals surface area contributed by atoms with Gasteiger partial charge in [-0.1, -0.05) is 36.6 Å². The maximum atomic E-state index is 12.7. The Morgan fingerprint density at radius 3 is 2.81 bits per heavy atom. The summed E-state index contributed by atoms with van der Waals surface area (Å²) in [4.78, 5) is 14.7. The summed E-state index contributed by atoms with van der Waals surface area (Å²) in [5.41, 5.74) is 7.25. The van der Waals surface area contributed by atoms with E-state index in [-0.39, 0.29) is 17.5 Å². The van der Waals surface area contributed by atoms with E-state index in [2.05, 4.69) is 6.07 Å². The smallest absolute Gasteiger partial charge is 0.224 e. The minimum absolute atomic E-state index is 0.168. The molecule has 1 saturated heterocycles. The minimum Gasteiger partial charge on any atom is -0.336 e. The highest BCUT2D eigenvalue weighted by Gasteiger charge is 2.36. The third-order valence-electron chi connectivity index (χ3n) is 4.91. The topological polar surface area (TPSA) is 46.3 Å². The van der Waals surface area contributed by atoms with Gasteiger partial charge in [-0.2, -0.15) is 0 Å². The molecular weight excluding hydrogens is 284 g/mol. The fourth-order valence-corrected chi connectivity index (χ4v) is 3.98.